The van der Waals surface area contributed by atoms with Crippen LogP contribution in [0.2, 0.25) is 0 Å². The monoisotopic (exact) mass is 293 g/mol. The highest BCUT2D eigenvalue weighted by Crippen LogP contribution is 2.09. The van der Waals surface area contributed by atoms with E-state index in [1.807, 2.05) is 25.1 Å². The van der Waals surface area contributed by atoms with Crippen molar-refractivity contribution >= 4 is 0 Å². The van der Waals surface area contributed by atoms with Gasteiger partial charge in [-0.1, -0.05) is 6.07 Å². The van der Waals surface area contributed by atoms with Gasteiger partial charge in [0.15, 0.2) is 5.75 Å². The van der Waals surface area contributed by atoms with E-state index >= 15 is 0 Å². The van der Waals surface area contributed by atoms with Gasteiger partial charge in [-0.25, -0.2) is 0 Å². The molecule has 5 nitrogen and oxygen atoms in total. The van der Waals surface area contributed by atoms with Crippen LogP contribution >= 0.6 is 0 Å². The standard InChI is InChI=1S/C17H15N3O2/c1-13-4-2-5-14(19-13)12-22-16-6-3-11-20(17(16)21)15-7-9-18-10-8-15/h2-11H,12H2,1H3. The van der Waals surface area contributed by atoms with Crippen molar-refractivity contribution in [2.45, 2.75) is 13.5 Å². The molecule has 5 heteroatoms. The Balaban J connectivity index is 1.85. The third-order valence-electron chi connectivity index (χ3n) is 3.17. The zero-order valence-electron chi connectivity index (χ0n) is 12.1. The Morgan fingerprint density at radius 3 is 2.68 bits per heavy atom. The molecule has 0 fully saturated rings. The molecule has 0 aliphatic carbocycles. The van der Waals surface area contributed by atoms with Crippen molar-refractivity contribution in [3.63, 3.8) is 0 Å². The molecular formula is C17H15N3O2. The lowest BCUT2D eigenvalue weighted by molar-refractivity contribution is 0.295. The maximum atomic E-state index is 12.5. The zero-order chi connectivity index (χ0) is 15.4. The van der Waals surface area contributed by atoms with Gasteiger partial charge < -0.3 is 4.74 Å². The van der Waals surface area contributed by atoms with Gasteiger partial charge in [0.2, 0.25) is 0 Å². The van der Waals surface area contributed by atoms with E-state index in [1.165, 1.54) is 4.57 Å². The second kappa shape index (κ2) is 6.22. The summed E-state index contributed by atoms with van der Waals surface area (Å²) >= 11 is 0. The SMILES string of the molecule is Cc1cccc(COc2cccn(-c3ccncc3)c2=O)n1. The van der Waals surface area contributed by atoms with E-state index in [0.29, 0.717) is 5.75 Å². The number of rotatable bonds is 4. The normalized spacial score (nSPS) is 10.4. The van der Waals surface area contributed by atoms with Gasteiger partial charge in [-0.2, -0.15) is 0 Å². The van der Waals surface area contributed by atoms with Crippen LogP contribution in [0.4, 0.5) is 0 Å². The maximum absolute atomic E-state index is 12.5. The van der Waals surface area contributed by atoms with Crippen LogP contribution in [-0.4, -0.2) is 14.5 Å². The average molecular weight is 293 g/mol. The van der Waals surface area contributed by atoms with Crippen LogP contribution in [0.1, 0.15) is 11.4 Å². The van der Waals surface area contributed by atoms with Crippen molar-refractivity contribution in [3.8, 4) is 11.4 Å². The highest BCUT2D eigenvalue weighted by molar-refractivity contribution is 5.32. The molecule has 3 aromatic rings. The summed E-state index contributed by atoms with van der Waals surface area (Å²) in [4.78, 5) is 20.8. The van der Waals surface area contributed by atoms with Gasteiger partial charge in [-0.05, 0) is 43.3 Å². The number of ether oxygens (including phenoxy) is 1. The van der Waals surface area contributed by atoms with Gasteiger partial charge in [0.05, 0.1) is 11.4 Å². The molecule has 110 valence electrons. The Hall–Kier alpha value is -2.95. The minimum Gasteiger partial charge on any atom is -0.481 e. The molecule has 0 amide bonds. The summed E-state index contributed by atoms with van der Waals surface area (Å²) in [7, 11) is 0. The predicted molar refractivity (Wildman–Crippen MR) is 83.1 cm³/mol. The lowest BCUT2D eigenvalue weighted by atomic mass is 10.3. The first kappa shape index (κ1) is 14.0. The number of hydrogen-bond acceptors (Lipinski definition) is 4. The van der Waals surface area contributed by atoms with Gasteiger partial charge in [0.1, 0.15) is 6.61 Å². The number of aryl methyl sites for hydroxylation is 1. The van der Waals surface area contributed by atoms with Crippen LogP contribution in [0, 0.1) is 6.92 Å². The molecule has 0 bridgehead atoms. The molecule has 0 aliphatic rings. The minimum atomic E-state index is -0.207. The van der Waals surface area contributed by atoms with Crippen molar-refractivity contribution in [1.29, 1.82) is 0 Å². The minimum absolute atomic E-state index is 0.207. The van der Waals surface area contributed by atoms with Gasteiger partial charge in [0, 0.05) is 24.3 Å². The topological polar surface area (TPSA) is 57.0 Å². The van der Waals surface area contributed by atoms with Crippen molar-refractivity contribution in [2.24, 2.45) is 0 Å². The maximum Gasteiger partial charge on any atom is 0.297 e. The van der Waals surface area contributed by atoms with E-state index in [-0.39, 0.29) is 12.2 Å². The van der Waals surface area contributed by atoms with Crippen LogP contribution in [0.15, 0.2) is 65.8 Å². The average Bonchev–Trinajstić information content (AvgIpc) is 2.55. The van der Waals surface area contributed by atoms with E-state index in [4.69, 9.17) is 4.74 Å². The second-order valence-electron chi connectivity index (χ2n) is 4.81. The summed E-state index contributed by atoms with van der Waals surface area (Å²) in [6.07, 6.45) is 4.99. The number of nitrogens with zero attached hydrogens (tertiary/aromatic N) is 3. The van der Waals surface area contributed by atoms with E-state index < -0.39 is 0 Å². The van der Waals surface area contributed by atoms with Crippen molar-refractivity contribution in [2.75, 3.05) is 0 Å². The van der Waals surface area contributed by atoms with Gasteiger partial charge in [0.25, 0.3) is 5.56 Å². The van der Waals surface area contributed by atoms with Crippen molar-refractivity contribution < 1.29 is 4.74 Å². The van der Waals surface area contributed by atoms with E-state index in [9.17, 15) is 4.79 Å². The molecule has 0 N–H and O–H groups in total. The molecular weight excluding hydrogens is 278 g/mol. The van der Waals surface area contributed by atoms with E-state index in [1.54, 1.807) is 42.9 Å². The molecule has 0 atom stereocenters. The van der Waals surface area contributed by atoms with Crippen LogP contribution in [0.25, 0.3) is 5.69 Å². The summed E-state index contributed by atoms with van der Waals surface area (Å²) < 4.78 is 7.16. The molecule has 3 aromatic heterocycles. The first-order chi connectivity index (χ1) is 10.7. The lowest BCUT2D eigenvalue weighted by Gasteiger charge is -2.09. The Morgan fingerprint density at radius 1 is 1.09 bits per heavy atom. The molecule has 0 saturated heterocycles. The second-order valence-corrected chi connectivity index (χ2v) is 4.81. The molecule has 0 aliphatic heterocycles. The first-order valence-corrected chi connectivity index (χ1v) is 6.91. The Bertz CT molecular complexity index is 829. The third kappa shape index (κ3) is 3.03. The third-order valence-corrected chi connectivity index (χ3v) is 3.17. The van der Waals surface area contributed by atoms with E-state index in [0.717, 1.165) is 17.1 Å². The quantitative estimate of drug-likeness (QED) is 0.741. The predicted octanol–water partition coefficient (Wildman–Crippen LogP) is 2.51. The number of hydrogen-bond donors (Lipinski definition) is 0. The van der Waals surface area contributed by atoms with Crippen molar-refractivity contribution in [3.05, 3.63) is 82.8 Å². The highest BCUT2D eigenvalue weighted by atomic mass is 16.5. The molecule has 0 saturated carbocycles. The number of pyridine rings is 3. The highest BCUT2D eigenvalue weighted by Gasteiger charge is 2.06. The molecule has 0 radical (unpaired) electrons. The molecule has 22 heavy (non-hydrogen) atoms. The largest absolute Gasteiger partial charge is 0.481 e. The summed E-state index contributed by atoms with van der Waals surface area (Å²) in [6, 6.07) is 12.7. The first-order valence-electron chi connectivity index (χ1n) is 6.91. The zero-order valence-corrected chi connectivity index (χ0v) is 12.1. The van der Waals surface area contributed by atoms with Crippen LogP contribution < -0.4 is 10.3 Å². The van der Waals surface area contributed by atoms with Crippen LogP contribution in [-0.2, 0) is 6.61 Å². The molecule has 3 rings (SSSR count). The van der Waals surface area contributed by atoms with Gasteiger partial charge in [-0.15, -0.1) is 0 Å². The fourth-order valence-corrected chi connectivity index (χ4v) is 2.12. The molecule has 0 unspecified atom stereocenters. The Morgan fingerprint density at radius 2 is 1.91 bits per heavy atom. The lowest BCUT2D eigenvalue weighted by Crippen LogP contribution is -2.19. The summed E-state index contributed by atoms with van der Waals surface area (Å²) in [6.45, 7) is 2.18. The van der Waals surface area contributed by atoms with Crippen LogP contribution in [0.3, 0.4) is 0 Å². The Kier molecular flexibility index (Phi) is 3.96. The summed E-state index contributed by atoms with van der Waals surface area (Å²) in [5, 5.41) is 0. The number of aromatic nitrogens is 3. The Labute approximate surface area is 127 Å². The molecule has 0 spiro atoms. The summed E-state index contributed by atoms with van der Waals surface area (Å²) in [5.74, 6) is 0.294. The van der Waals surface area contributed by atoms with Crippen molar-refractivity contribution in [1.82, 2.24) is 14.5 Å². The van der Waals surface area contributed by atoms with Crippen LogP contribution in [0.5, 0.6) is 5.75 Å². The van der Waals surface area contributed by atoms with E-state index in [2.05, 4.69) is 9.97 Å². The van der Waals surface area contributed by atoms with Gasteiger partial charge >= 0.3 is 0 Å². The molecule has 3 heterocycles. The van der Waals surface area contributed by atoms with Gasteiger partial charge in [-0.3, -0.25) is 19.3 Å². The fraction of sp³-hybridized carbons (Fsp3) is 0.118. The fourth-order valence-electron chi connectivity index (χ4n) is 2.12. The molecule has 0 aromatic carbocycles. The summed E-state index contributed by atoms with van der Waals surface area (Å²) in [5.41, 5.74) is 2.25. The smallest absolute Gasteiger partial charge is 0.297 e.